The minimum absolute atomic E-state index is 0.0631. The van der Waals surface area contributed by atoms with Crippen LogP contribution in [0.25, 0.3) is 0 Å². The summed E-state index contributed by atoms with van der Waals surface area (Å²) in [6.45, 7) is 6.74. The summed E-state index contributed by atoms with van der Waals surface area (Å²) in [5.41, 5.74) is 6.84. The number of amides is 1. The number of benzene rings is 1. The average Bonchev–Trinajstić information content (AvgIpc) is 2.85. The maximum atomic E-state index is 12.3. The van der Waals surface area contributed by atoms with Crippen molar-refractivity contribution in [2.75, 3.05) is 13.2 Å². The van der Waals surface area contributed by atoms with Crippen molar-refractivity contribution in [1.29, 1.82) is 0 Å². The topological polar surface area (TPSA) is 73.6 Å². The van der Waals surface area contributed by atoms with Gasteiger partial charge in [-0.25, -0.2) is 0 Å². The molecule has 1 amide bonds. The van der Waals surface area contributed by atoms with Gasteiger partial charge in [-0.15, -0.1) is 0 Å². The van der Waals surface area contributed by atoms with Gasteiger partial charge >= 0.3 is 0 Å². The molecule has 0 bridgehead atoms. The molecular formula is C16H24N2O3. The number of rotatable bonds is 5. The molecule has 1 aromatic rings. The summed E-state index contributed by atoms with van der Waals surface area (Å²) in [5, 5.41) is 3.00. The largest absolute Gasteiger partial charge is 0.491 e. The van der Waals surface area contributed by atoms with E-state index in [1.54, 1.807) is 0 Å². The van der Waals surface area contributed by atoms with E-state index in [2.05, 4.69) is 5.32 Å². The van der Waals surface area contributed by atoms with Crippen LogP contribution in [0.5, 0.6) is 5.75 Å². The van der Waals surface area contributed by atoms with Gasteiger partial charge in [0.05, 0.1) is 31.3 Å². The predicted molar refractivity (Wildman–Crippen MR) is 81.0 cm³/mol. The Kier molecular flexibility index (Phi) is 5.20. The summed E-state index contributed by atoms with van der Waals surface area (Å²) in [6.07, 6.45) is 0.0886. The van der Waals surface area contributed by atoms with E-state index in [1.165, 1.54) is 0 Å². The number of para-hydroxylation sites is 1. The van der Waals surface area contributed by atoms with Crippen molar-refractivity contribution >= 4 is 5.91 Å². The highest BCUT2D eigenvalue weighted by atomic mass is 16.5. The molecule has 1 aromatic carbocycles. The lowest BCUT2D eigenvalue weighted by molar-refractivity contribution is -0.125. The van der Waals surface area contributed by atoms with E-state index in [1.807, 2.05) is 45.0 Å². The molecular weight excluding hydrogens is 268 g/mol. The van der Waals surface area contributed by atoms with E-state index < -0.39 is 0 Å². The van der Waals surface area contributed by atoms with E-state index in [0.717, 1.165) is 11.3 Å². The van der Waals surface area contributed by atoms with Crippen molar-refractivity contribution in [1.82, 2.24) is 5.32 Å². The van der Waals surface area contributed by atoms with E-state index >= 15 is 0 Å². The molecule has 21 heavy (non-hydrogen) atoms. The van der Waals surface area contributed by atoms with Gasteiger partial charge in [0, 0.05) is 11.6 Å². The smallest absolute Gasteiger partial charge is 0.227 e. The Morgan fingerprint density at radius 3 is 2.67 bits per heavy atom. The lowest BCUT2D eigenvalue weighted by atomic mass is 10.0. The van der Waals surface area contributed by atoms with Gasteiger partial charge in [0.25, 0.3) is 0 Å². The third kappa shape index (κ3) is 3.95. The van der Waals surface area contributed by atoms with Crippen molar-refractivity contribution in [3.05, 3.63) is 29.8 Å². The third-order valence-electron chi connectivity index (χ3n) is 3.57. The predicted octanol–water partition coefficient (Wildman–Crippen LogP) is 1.62. The summed E-state index contributed by atoms with van der Waals surface area (Å²) in [5.74, 6) is 0.463. The first-order valence-electron chi connectivity index (χ1n) is 7.38. The van der Waals surface area contributed by atoms with E-state index in [-0.39, 0.29) is 30.0 Å². The number of carbonyl (C=O) groups is 1. The van der Waals surface area contributed by atoms with Gasteiger partial charge in [-0.1, -0.05) is 18.2 Å². The van der Waals surface area contributed by atoms with Crippen LogP contribution in [-0.4, -0.2) is 31.3 Å². The van der Waals surface area contributed by atoms with Gasteiger partial charge in [0.15, 0.2) is 0 Å². The van der Waals surface area contributed by atoms with Crippen LogP contribution in [0.15, 0.2) is 24.3 Å². The number of nitrogens with two attached hydrogens (primary N) is 1. The first-order valence-corrected chi connectivity index (χ1v) is 7.38. The highest BCUT2D eigenvalue weighted by molar-refractivity contribution is 5.80. The molecule has 5 nitrogen and oxygen atoms in total. The zero-order valence-electron chi connectivity index (χ0n) is 12.8. The third-order valence-corrected chi connectivity index (χ3v) is 3.57. The van der Waals surface area contributed by atoms with Gasteiger partial charge < -0.3 is 20.5 Å². The van der Waals surface area contributed by atoms with Gasteiger partial charge in [-0.05, 0) is 26.8 Å². The zero-order chi connectivity index (χ0) is 15.4. The van der Waals surface area contributed by atoms with Gasteiger partial charge in [-0.2, -0.15) is 0 Å². The molecule has 3 unspecified atom stereocenters. The van der Waals surface area contributed by atoms with E-state index in [4.69, 9.17) is 15.2 Å². The number of hydrogen-bond acceptors (Lipinski definition) is 4. The molecule has 0 radical (unpaired) electrons. The number of carbonyl (C=O) groups excluding carboxylic acids is 1. The first-order chi connectivity index (χ1) is 9.99. The van der Waals surface area contributed by atoms with Gasteiger partial charge in [-0.3, -0.25) is 4.79 Å². The van der Waals surface area contributed by atoms with E-state index in [9.17, 15) is 4.79 Å². The van der Waals surface area contributed by atoms with Crippen LogP contribution in [0.1, 0.15) is 32.4 Å². The van der Waals surface area contributed by atoms with Crippen LogP contribution in [0.3, 0.4) is 0 Å². The second-order valence-electron chi connectivity index (χ2n) is 5.74. The molecule has 0 aliphatic carbocycles. The Hall–Kier alpha value is -1.59. The number of nitrogens with one attached hydrogen (secondary N) is 1. The molecule has 1 fully saturated rings. The van der Waals surface area contributed by atoms with Crippen molar-refractivity contribution in [2.45, 2.75) is 39.0 Å². The van der Waals surface area contributed by atoms with Crippen LogP contribution in [0, 0.1) is 5.92 Å². The fourth-order valence-corrected chi connectivity index (χ4v) is 2.44. The summed E-state index contributed by atoms with van der Waals surface area (Å²) < 4.78 is 11.0. The van der Waals surface area contributed by atoms with Crippen molar-refractivity contribution < 1.29 is 14.3 Å². The molecule has 1 saturated heterocycles. The standard InChI is InChI=1S/C16H24N2O3/c1-10(2)21-15-7-5-4-6-12(15)11(3)18-16(19)13-8-20-9-14(13)17/h4-7,10-11,13-14H,8-9,17H2,1-3H3,(H,18,19). The highest BCUT2D eigenvalue weighted by Gasteiger charge is 2.32. The Labute approximate surface area is 125 Å². The van der Waals surface area contributed by atoms with Crippen LogP contribution in [0.4, 0.5) is 0 Å². The van der Waals surface area contributed by atoms with Crippen LogP contribution < -0.4 is 15.8 Å². The highest BCUT2D eigenvalue weighted by Crippen LogP contribution is 2.26. The quantitative estimate of drug-likeness (QED) is 0.865. The molecule has 1 aliphatic rings. The van der Waals surface area contributed by atoms with Crippen molar-refractivity contribution in [3.8, 4) is 5.75 Å². The second-order valence-corrected chi connectivity index (χ2v) is 5.74. The maximum Gasteiger partial charge on any atom is 0.227 e. The normalized spacial score (nSPS) is 23.1. The zero-order valence-corrected chi connectivity index (χ0v) is 12.8. The minimum Gasteiger partial charge on any atom is -0.491 e. The summed E-state index contributed by atoms with van der Waals surface area (Å²) in [7, 11) is 0. The molecule has 3 atom stereocenters. The first kappa shape index (κ1) is 15.8. The van der Waals surface area contributed by atoms with Crippen molar-refractivity contribution in [2.24, 2.45) is 11.7 Å². The Morgan fingerprint density at radius 1 is 1.33 bits per heavy atom. The van der Waals surface area contributed by atoms with Gasteiger partial charge in [0.2, 0.25) is 5.91 Å². The molecule has 1 aliphatic heterocycles. The fraction of sp³-hybridized carbons (Fsp3) is 0.562. The summed E-state index contributed by atoms with van der Waals surface area (Å²) in [6, 6.07) is 7.39. The van der Waals surface area contributed by atoms with E-state index in [0.29, 0.717) is 13.2 Å². The molecule has 116 valence electrons. The number of hydrogen-bond donors (Lipinski definition) is 2. The number of ether oxygens (including phenoxy) is 2. The summed E-state index contributed by atoms with van der Waals surface area (Å²) in [4.78, 5) is 12.3. The Bertz CT molecular complexity index is 490. The van der Waals surface area contributed by atoms with Crippen LogP contribution in [0.2, 0.25) is 0 Å². The Balaban J connectivity index is 2.06. The molecule has 1 heterocycles. The molecule has 3 N–H and O–H groups in total. The molecule has 0 aromatic heterocycles. The minimum atomic E-state index is -0.273. The SMILES string of the molecule is CC(C)Oc1ccccc1C(C)NC(=O)C1COCC1N. The van der Waals surface area contributed by atoms with Crippen LogP contribution in [-0.2, 0) is 9.53 Å². The van der Waals surface area contributed by atoms with Crippen molar-refractivity contribution in [3.63, 3.8) is 0 Å². The average molecular weight is 292 g/mol. The molecule has 5 heteroatoms. The maximum absolute atomic E-state index is 12.3. The van der Waals surface area contributed by atoms with Gasteiger partial charge in [0.1, 0.15) is 5.75 Å². The monoisotopic (exact) mass is 292 g/mol. The second kappa shape index (κ2) is 6.91. The lowest BCUT2D eigenvalue weighted by Crippen LogP contribution is -2.41. The molecule has 2 rings (SSSR count). The Morgan fingerprint density at radius 2 is 2.05 bits per heavy atom. The van der Waals surface area contributed by atoms with Crippen LogP contribution >= 0.6 is 0 Å². The molecule has 0 saturated carbocycles. The molecule has 0 spiro atoms. The summed E-state index contributed by atoms with van der Waals surface area (Å²) >= 11 is 0. The lowest BCUT2D eigenvalue weighted by Gasteiger charge is -2.22. The fourth-order valence-electron chi connectivity index (χ4n) is 2.44.